The number of allylic oxidation sites excluding steroid dienone is 4. The van der Waals surface area contributed by atoms with Gasteiger partial charge in [-0.2, -0.15) is 0 Å². The highest BCUT2D eigenvalue weighted by atomic mass is 16.4. The van der Waals surface area contributed by atoms with E-state index in [9.17, 15) is 15.0 Å². The highest BCUT2D eigenvalue weighted by Crippen LogP contribution is 2.10. The van der Waals surface area contributed by atoms with Crippen molar-refractivity contribution in [3.05, 3.63) is 24.3 Å². The topological polar surface area (TPSA) is 77.8 Å². The van der Waals surface area contributed by atoms with Gasteiger partial charge in [0.2, 0.25) is 0 Å². The Kier molecular flexibility index (Phi) is 14.0. The number of aliphatic hydroxyl groups excluding tert-OH is 2. The van der Waals surface area contributed by atoms with Crippen LogP contribution in [0, 0.1) is 0 Å². The van der Waals surface area contributed by atoms with E-state index in [1.165, 1.54) is 19.3 Å². The molecule has 0 aliphatic carbocycles. The molecule has 4 heteroatoms. The number of unbranched alkanes of at least 4 members (excludes halogenated alkanes) is 3. The maximum atomic E-state index is 10.4. The zero-order valence-corrected chi connectivity index (χ0v) is 13.8. The standard InChI is InChI=1S/C18H32O4/c1-2-3-4-5-6-7-8-9-10-11-13-16(19)17(20)14-12-15-18(21)22/h6-7,9-10,16-17,19-20H,2-5,8,11-15H2,1H3,(H,21,22)/b7-6-,10-9-/t16-,17+/m1/s1. The van der Waals surface area contributed by atoms with Gasteiger partial charge in [0, 0.05) is 6.42 Å². The Bertz CT molecular complexity index is 323. The SMILES string of the molecule is CCCCC/C=C\C/C=C\CC[C@@H](O)[C@@H](O)CCCC(=O)O. The van der Waals surface area contributed by atoms with E-state index < -0.39 is 18.2 Å². The van der Waals surface area contributed by atoms with Crippen LogP contribution in [0.4, 0.5) is 0 Å². The first-order valence-electron chi connectivity index (χ1n) is 8.45. The van der Waals surface area contributed by atoms with Gasteiger partial charge >= 0.3 is 5.97 Å². The minimum atomic E-state index is -0.868. The van der Waals surface area contributed by atoms with Gasteiger partial charge in [-0.3, -0.25) is 4.79 Å². The highest BCUT2D eigenvalue weighted by molar-refractivity contribution is 5.66. The Labute approximate surface area is 134 Å². The van der Waals surface area contributed by atoms with Gasteiger partial charge in [0.25, 0.3) is 0 Å². The van der Waals surface area contributed by atoms with Gasteiger partial charge in [-0.05, 0) is 44.9 Å². The van der Waals surface area contributed by atoms with E-state index in [0.29, 0.717) is 19.3 Å². The maximum Gasteiger partial charge on any atom is 0.303 e. The molecular formula is C18H32O4. The molecule has 128 valence electrons. The van der Waals surface area contributed by atoms with Crippen LogP contribution in [-0.2, 0) is 4.79 Å². The number of aliphatic carboxylic acids is 1. The van der Waals surface area contributed by atoms with Crippen LogP contribution in [0.2, 0.25) is 0 Å². The monoisotopic (exact) mass is 312 g/mol. The number of carboxylic acid groups (broad SMARTS) is 1. The quantitative estimate of drug-likeness (QED) is 0.336. The van der Waals surface area contributed by atoms with Crippen molar-refractivity contribution in [3.63, 3.8) is 0 Å². The summed E-state index contributed by atoms with van der Waals surface area (Å²) < 4.78 is 0. The van der Waals surface area contributed by atoms with Crippen molar-refractivity contribution in [2.75, 3.05) is 0 Å². The predicted octanol–water partition coefficient (Wildman–Crippen LogP) is 3.83. The van der Waals surface area contributed by atoms with Crippen molar-refractivity contribution >= 4 is 5.97 Å². The van der Waals surface area contributed by atoms with E-state index in [4.69, 9.17) is 5.11 Å². The molecule has 2 atom stereocenters. The molecule has 0 aromatic carbocycles. The lowest BCUT2D eigenvalue weighted by molar-refractivity contribution is -0.137. The molecule has 0 saturated carbocycles. The van der Waals surface area contributed by atoms with E-state index in [-0.39, 0.29) is 6.42 Å². The van der Waals surface area contributed by atoms with E-state index in [1.807, 2.05) is 6.08 Å². The second-order valence-corrected chi connectivity index (χ2v) is 5.67. The molecule has 0 fully saturated rings. The van der Waals surface area contributed by atoms with Crippen LogP contribution in [0.25, 0.3) is 0 Å². The average Bonchev–Trinajstić information content (AvgIpc) is 2.48. The molecule has 0 amide bonds. The molecule has 0 bridgehead atoms. The van der Waals surface area contributed by atoms with Crippen LogP contribution < -0.4 is 0 Å². The van der Waals surface area contributed by atoms with Crippen molar-refractivity contribution in [1.29, 1.82) is 0 Å². The summed E-state index contributed by atoms with van der Waals surface area (Å²) in [5.41, 5.74) is 0. The van der Waals surface area contributed by atoms with E-state index in [0.717, 1.165) is 19.3 Å². The molecule has 0 spiro atoms. The van der Waals surface area contributed by atoms with Crippen LogP contribution in [0.5, 0.6) is 0 Å². The summed E-state index contributed by atoms with van der Waals surface area (Å²) in [6, 6.07) is 0. The van der Waals surface area contributed by atoms with Crippen molar-refractivity contribution < 1.29 is 20.1 Å². The van der Waals surface area contributed by atoms with Crippen molar-refractivity contribution in [1.82, 2.24) is 0 Å². The smallest absolute Gasteiger partial charge is 0.303 e. The van der Waals surface area contributed by atoms with Crippen LogP contribution in [-0.4, -0.2) is 33.5 Å². The minimum absolute atomic E-state index is 0.0360. The summed E-state index contributed by atoms with van der Waals surface area (Å²) in [5.74, 6) is -0.868. The normalized spacial score (nSPS) is 14.7. The van der Waals surface area contributed by atoms with E-state index in [2.05, 4.69) is 25.2 Å². The highest BCUT2D eigenvalue weighted by Gasteiger charge is 2.15. The molecular weight excluding hydrogens is 280 g/mol. The van der Waals surface area contributed by atoms with Gasteiger partial charge in [0.15, 0.2) is 0 Å². The largest absolute Gasteiger partial charge is 0.481 e. The number of hydrogen-bond donors (Lipinski definition) is 3. The predicted molar refractivity (Wildman–Crippen MR) is 89.8 cm³/mol. The van der Waals surface area contributed by atoms with Gasteiger partial charge in [-0.15, -0.1) is 0 Å². The Morgan fingerprint density at radius 1 is 0.909 bits per heavy atom. The van der Waals surface area contributed by atoms with Gasteiger partial charge in [-0.1, -0.05) is 44.1 Å². The lowest BCUT2D eigenvalue weighted by Crippen LogP contribution is -2.25. The molecule has 3 N–H and O–H groups in total. The Hall–Kier alpha value is -1.13. The number of rotatable bonds is 14. The molecule has 0 aromatic heterocycles. The Morgan fingerprint density at radius 3 is 2.18 bits per heavy atom. The van der Waals surface area contributed by atoms with Crippen LogP contribution in [0.1, 0.15) is 71.1 Å². The summed E-state index contributed by atoms with van der Waals surface area (Å²) in [7, 11) is 0. The van der Waals surface area contributed by atoms with E-state index >= 15 is 0 Å². The second kappa shape index (κ2) is 14.8. The fourth-order valence-corrected chi connectivity index (χ4v) is 2.13. The Morgan fingerprint density at radius 2 is 1.55 bits per heavy atom. The molecule has 0 saturated heterocycles. The van der Waals surface area contributed by atoms with Gasteiger partial charge in [0.05, 0.1) is 12.2 Å². The summed E-state index contributed by atoms with van der Waals surface area (Å²) in [5, 5.41) is 28.0. The second-order valence-electron chi connectivity index (χ2n) is 5.67. The van der Waals surface area contributed by atoms with E-state index in [1.54, 1.807) is 0 Å². The molecule has 0 aromatic rings. The third-order valence-corrected chi connectivity index (χ3v) is 3.54. The molecule has 0 aliphatic heterocycles. The molecule has 0 heterocycles. The Balaban J connectivity index is 3.58. The number of aliphatic hydroxyl groups is 2. The summed E-state index contributed by atoms with van der Waals surface area (Å²) in [4.78, 5) is 10.4. The summed E-state index contributed by atoms with van der Waals surface area (Å²) in [6.45, 7) is 2.20. The van der Waals surface area contributed by atoms with Crippen molar-refractivity contribution in [2.45, 2.75) is 83.3 Å². The third kappa shape index (κ3) is 13.8. The van der Waals surface area contributed by atoms with Gasteiger partial charge in [0.1, 0.15) is 0 Å². The van der Waals surface area contributed by atoms with Crippen molar-refractivity contribution in [3.8, 4) is 0 Å². The fourth-order valence-electron chi connectivity index (χ4n) is 2.13. The zero-order valence-electron chi connectivity index (χ0n) is 13.8. The molecule has 0 aliphatic rings. The number of hydrogen-bond acceptors (Lipinski definition) is 3. The summed E-state index contributed by atoms with van der Waals surface area (Å²) >= 11 is 0. The van der Waals surface area contributed by atoms with Crippen LogP contribution >= 0.6 is 0 Å². The first-order chi connectivity index (χ1) is 10.6. The first kappa shape index (κ1) is 20.9. The molecule has 0 unspecified atom stereocenters. The molecule has 22 heavy (non-hydrogen) atoms. The summed E-state index contributed by atoms with van der Waals surface area (Å²) in [6.07, 6.45) is 14.7. The van der Waals surface area contributed by atoms with Crippen LogP contribution in [0.3, 0.4) is 0 Å². The lowest BCUT2D eigenvalue weighted by atomic mass is 10.0. The number of carbonyl (C=O) groups is 1. The zero-order chi connectivity index (χ0) is 16.6. The maximum absolute atomic E-state index is 10.4. The minimum Gasteiger partial charge on any atom is -0.481 e. The third-order valence-electron chi connectivity index (χ3n) is 3.54. The lowest BCUT2D eigenvalue weighted by Gasteiger charge is -2.16. The molecule has 0 radical (unpaired) electrons. The molecule has 0 rings (SSSR count). The average molecular weight is 312 g/mol. The fraction of sp³-hybridized carbons (Fsp3) is 0.722. The van der Waals surface area contributed by atoms with Crippen LogP contribution in [0.15, 0.2) is 24.3 Å². The van der Waals surface area contributed by atoms with Gasteiger partial charge < -0.3 is 15.3 Å². The van der Waals surface area contributed by atoms with Crippen molar-refractivity contribution in [2.24, 2.45) is 0 Å². The number of carboxylic acids is 1. The molecule has 4 nitrogen and oxygen atoms in total. The first-order valence-corrected chi connectivity index (χ1v) is 8.45. The van der Waals surface area contributed by atoms with Gasteiger partial charge in [-0.25, -0.2) is 0 Å².